The van der Waals surface area contributed by atoms with Gasteiger partial charge in [0.1, 0.15) is 0 Å². The fraction of sp³-hybridized carbons (Fsp3) is 0.579. The number of piperazine rings is 1. The van der Waals surface area contributed by atoms with Gasteiger partial charge in [0.15, 0.2) is 5.78 Å². The van der Waals surface area contributed by atoms with Crippen molar-refractivity contribution in [1.82, 2.24) is 10.2 Å². The van der Waals surface area contributed by atoms with Gasteiger partial charge in [-0.3, -0.25) is 14.5 Å². The summed E-state index contributed by atoms with van der Waals surface area (Å²) >= 11 is 0. The molecule has 1 saturated heterocycles. The van der Waals surface area contributed by atoms with Gasteiger partial charge in [-0.25, -0.2) is 0 Å². The molecule has 0 spiro atoms. The van der Waals surface area contributed by atoms with Crippen molar-refractivity contribution in [3.05, 3.63) is 29.3 Å². The number of fused-ring (bicyclic) bond motifs is 1. The zero-order chi connectivity index (χ0) is 17.1. The Balaban J connectivity index is 1.84. The third-order valence-corrected chi connectivity index (χ3v) is 5.17. The van der Waals surface area contributed by atoms with E-state index in [0.717, 1.165) is 56.8 Å². The highest BCUT2D eigenvalue weighted by atomic mass is 16.2. The average Bonchev–Trinajstić information content (AvgIpc) is 2.66. The lowest BCUT2D eigenvalue weighted by molar-refractivity contribution is -0.118. The summed E-state index contributed by atoms with van der Waals surface area (Å²) in [4.78, 5) is 29.2. The zero-order valence-corrected chi connectivity index (χ0v) is 14.7. The first-order valence-electron chi connectivity index (χ1n) is 9.04. The third kappa shape index (κ3) is 3.37. The lowest BCUT2D eigenvalue weighted by Crippen LogP contribution is -2.50. The fourth-order valence-corrected chi connectivity index (χ4v) is 3.65. The normalized spacial score (nSPS) is 19.7. The summed E-state index contributed by atoms with van der Waals surface area (Å²) in [6.07, 6.45) is 2.46. The molecule has 1 aromatic carbocycles. The van der Waals surface area contributed by atoms with Crippen molar-refractivity contribution in [3.8, 4) is 0 Å². The van der Waals surface area contributed by atoms with E-state index < -0.39 is 0 Å². The summed E-state index contributed by atoms with van der Waals surface area (Å²) in [6.45, 7) is 8.29. The second-order valence-electron chi connectivity index (χ2n) is 6.67. The van der Waals surface area contributed by atoms with Crippen LogP contribution in [0, 0.1) is 0 Å². The topological polar surface area (TPSA) is 52.7 Å². The maximum absolute atomic E-state index is 12.9. The van der Waals surface area contributed by atoms with Crippen LogP contribution in [0.5, 0.6) is 0 Å². The van der Waals surface area contributed by atoms with Gasteiger partial charge in [0.2, 0.25) is 5.91 Å². The van der Waals surface area contributed by atoms with Gasteiger partial charge in [-0.15, -0.1) is 0 Å². The van der Waals surface area contributed by atoms with Crippen molar-refractivity contribution in [2.75, 3.05) is 37.6 Å². The summed E-state index contributed by atoms with van der Waals surface area (Å²) in [5.41, 5.74) is 2.83. The lowest BCUT2D eigenvalue weighted by Gasteiger charge is -2.33. The van der Waals surface area contributed by atoms with Crippen LogP contribution < -0.4 is 10.2 Å². The molecule has 1 N–H and O–H groups in total. The van der Waals surface area contributed by atoms with Crippen LogP contribution in [0.3, 0.4) is 0 Å². The number of amides is 1. The number of aryl methyl sites for hydroxylation is 1. The monoisotopic (exact) mass is 329 g/mol. The third-order valence-electron chi connectivity index (χ3n) is 5.17. The molecule has 130 valence electrons. The largest absolute Gasteiger partial charge is 0.314 e. The maximum atomic E-state index is 12.9. The summed E-state index contributed by atoms with van der Waals surface area (Å²) in [5.74, 6) is 0.282. The van der Waals surface area contributed by atoms with E-state index in [9.17, 15) is 9.59 Å². The summed E-state index contributed by atoms with van der Waals surface area (Å²) in [7, 11) is 0. The van der Waals surface area contributed by atoms with E-state index in [1.54, 1.807) is 0 Å². The van der Waals surface area contributed by atoms with Crippen LogP contribution in [0.4, 0.5) is 5.69 Å². The number of rotatable bonds is 4. The van der Waals surface area contributed by atoms with Crippen LogP contribution in [0.2, 0.25) is 0 Å². The predicted molar refractivity (Wildman–Crippen MR) is 95.6 cm³/mol. The van der Waals surface area contributed by atoms with Crippen LogP contribution in [0.25, 0.3) is 0 Å². The molecule has 0 radical (unpaired) electrons. The standard InChI is InChI=1S/C19H27N3O2/c1-3-18(23)22-10-4-5-15-6-7-16(13-17(15)22)19(24)14(2)21-11-8-20-9-12-21/h6-7,13-14,20H,3-5,8-12H2,1-2H3. The first kappa shape index (κ1) is 17.1. The molecule has 0 saturated carbocycles. The van der Waals surface area contributed by atoms with E-state index >= 15 is 0 Å². The number of carbonyl (C=O) groups is 2. The molecule has 5 heteroatoms. The second kappa shape index (κ2) is 7.45. The number of nitrogens with one attached hydrogen (secondary N) is 1. The molecule has 1 fully saturated rings. The van der Waals surface area contributed by atoms with E-state index in [-0.39, 0.29) is 17.7 Å². The minimum atomic E-state index is -0.121. The Labute approximate surface area is 144 Å². The zero-order valence-electron chi connectivity index (χ0n) is 14.7. The number of hydrogen-bond acceptors (Lipinski definition) is 4. The number of carbonyl (C=O) groups excluding carboxylic acids is 2. The SMILES string of the molecule is CCC(=O)N1CCCc2ccc(C(=O)C(C)N3CCNCC3)cc21. The molecule has 2 aliphatic rings. The Kier molecular flexibility index (Phi) is 5.31. The van der Waals surface area contributed by atoms with Gasteiger partial charge in [-0.05, 0) is 31.4 Å². The molecule has 0 aromatic heterocycles. The van der Waals surface area contributed by atoms with Gasteiger partial charge in [-0.1, -0.05) is 19.1 Å². The van der Waals surface area contributed by atoms with Gasteiger partial charge in [-0.2, -0.15) is 0 Å². The van der Waals surface area contributed by atoms with Crippen LogP contribution in [0.1, 0.15) is 42.6 Å². The smallest absolute Gasteiger partial charge is 0.226 e. The molecule has 3 rings (SSSR count). The molecular weight excluding hydrogens is 302 g/mol. The first-order valence-corrected chi connectivity index (χ1v) is 9.04. The highest BCUT2D eigenvalue weighted by Gasteiger charge is 2.26. The van der Waals surface area contributed by atoms with Crippen LogP contribution in [-0.4, -0.2) is 55.4 Å². The minimum Gasteiger partial charge on any atom is -0.314 e. The van der Waals surface area contributed by atoms with Gasteiger partial charge < -0.3 is 10.2 Å². The van der Waals surface area contributed by atoms with E-state index in [1.165, 1.54) is 5.56 Å². The molecule has 1 amide bonds. The van der Waals surface area contributed by atoms with Crippen molar-refractivity contribution < 1.29 is 9.59 Å². The molecular formula is C19H27N3O2. The van der Waals surface area contributed by atoms with E-state index in [4.69, 9.17) is 0 Å². The molecule has 0 bridgehead atoms. The van der Waals surface area contributed by atoms with Gasteiger partial charge in [0.05, 0.1) is 6.04 Å². The summed E-state index contributed by atoms with van der Waals surface area (Å²) < 4.78 is 0. The molecule has 0 aliphatic carbocycles. The Hall–Kier alpha value is -1.72. The molecule has 1 unspecified atom stereocenters. The maximum Gasteiger partial charge on any atom is 0.226 e. The Morgan fingerprint density at radius 1 is 1.21 bits per heavy atom. The number of ketones is 1. The van der Waals surface area contributed by atoms with Crippen LogP contribution >= 0.6 is 0 Å². The lowest BCUT2D eigenvalue weighted by atomic mass is 9.96. The molecule has 1 atom stereocenters. The fourth-order valence-electron chi connectivity index (χ4n) is 3.65. The van der Waals surface area contributed by atoms with E-state index in [0.29, 0.717) is 6.42 Å². The quantitative estimate of drug-likeness (QED) is 0.857. The second-order valence-corrected chi connectivity index (χ2v) is 6.67. The number of Topliss-reactive ketones (excluding diaryl/α,β-unsaturated/α-hetero) is 1. The molecule has 2 aliphatic heterocycles. The number of benzene rings is 1. The number of nitrogens with zero attached hydrogens (tertiary/aromatic N) is 2. The van der Waals surface area contributed by atoms with Crippen molar-refractivity contribution in [2.24, 2.45) is 0 Å². The summed E-state index contributed by atoms with van der Waals surface area (Å²) in [6, 6.07) is 5.77. The first-order chi connectivity index (χ1) is 11.6. The average molecular weight is 329 g/mol. The number of anilines is 1. The van der Waals surface area contributed by atoms with Crippen LogP contribution in [-0.2, 0) is 11.2 Å². The van der Waals surface area contributed by atoms with Gasteiger partial charge in [0, 0.05) is 50.4 Å². The van der Waals surface area contributed by atoms with Crippen molar-refractivity contribution in [1.29, 1.82) is 0 Å². The van der Waals surface area contributed by atoms with Gasteiger partial charge >= 0.3 is 0 Å². The van der Waals surface area contributed by atoms with Crippen molar-refractivity contribution >= 4 is 17.4 Å². The van der Waals surface area contributed by atoms with Crippen molar-refractivity contribution in [2.45, 2.75) is 39.2 Å². The van der Waals surface area contributed by atoms with Gasteiger partial charge in [0.25, 0.3) is 0 Å². The van der Waals surface area contributed by atoms with Crippen LogP contribution in [0.15, 0.2) is 18.2 Å². The van der Waals surface area contributed by atoms with Crippen molar-refractivity contribution in [3.63, 3.8) is 0 Å². The van der Waals surface area contributed by atoms with E-state index in [1.807, 2.05) is 36.9 Å². The molecule has 1 aromatic rings. The Morgan fingerprint density at radius 3 is 2.67 bits per heavy atom. The van der Waals surface area contributed by atoms with E-state index in [2.05, 4.69) is 10.2 Å². The number of hydrogen-bond donors (Lipinski definition) is 1. The predicted octanol–water partition coefficient (Wildman–Crippen LogP) is 1.85. The Morgan fingerprint density at radius 2 is 1.96 bits per heavy atom. The molecule has 2 heterocycles. The minimum absolute atomic E-state index is 0.121. The molecule has 5 nitrogen and oxygen atoms in total. The molecule has 24 heavy (non-hydrogen) atoms. The summed E-state index contributed by atoms with van der Waals surface area (Å²) in [5, 5.41) is 3.32. The highest BCUT2D eigenvalue weighted by molar-refractivity contribution is 6.02. The highest BCUT2D eigenvalue weighted by Crippen LogP contribution is 2.29. The Bertz CT molecular complexity index is 623.